The van der Waals surface area contributed by atoms with Gasteiger partial charge in [-0.1, -0.05) is 249 Å². The number of carboxylic acids is 1. The van der Waals surface area contributed by atoms with Gasteiger partial charge in [-0.25, -0.2) is 4.79 Å². The molecule has 12 nitrogen and oxygen atoms in total. The highest BCUT2D eigenvalue weighted by molar-refractivity contribution is 5.74. The van der Waals surface area contributed by atoms with Gasteiger partial charge in [0.15, 0.2) is 24.6 Å². The number of carbonyl (C=O) groups is 4. The van der Waals surface area contributed by atoms with Gasteiger partial charge in [0, 0.05) is 19.3 Å². The molecule has 6 atom stereocenters. The topological polar surface area (TPSA) is 175 Å². The molecule has 0 amide bonds. The zero-order valence-corrected chi connectivity index (χ0v) is 50.6. The van der Waals surface area contributed by atoms with E-state index in [4.69, 9.17) is 23.7 Å². The zero-order valence-electron chi connectivity index (χ0n) is 50.6. The average molecular weight is 1120 g/mol. The third kappa shape index (κ3) is 45.0. The summed E-state index contributed by atoms with van der Waals surface area (Å²) >= 11 is 0. The largest absolute Gasteiger partial charge is 0.479 e. The fourth-order valence-electron chi connectivity index (χ4n) is 9.84. The number of carbonyl (C=O) groups excluding carboxylic acids is 3. The molecule has 0 aromatic heterocycles. The molecular weight excluding hydrogens is 997 g/mol. The van der Waals surface area contributed by atoms with Gasteiger partial charge in [-0.05, 0) is 83.5 Å². The highest BCUT2D eigenvalue weighted by Gasteiger charge is 2.50. The Kier molecular flexibility index (Phi) is 51.5. The Hall–Kier alpha value is -3.32. The minimum Gasteiger partial charge on any atom is -0.479 e. The SMILES string of the molecule is CCCCC/C=C\C/C=C\C/C=C\CCCCCCCCC(=O)OCC(COC1OC(C(=O)O)C(O)C(O)C1OC(=O)CCCCCCC/C=C\CCCCCC)OC(=O)CCCCCCCCCCCCCCCCCCC. The van der Waals surface area contributed by atoms with Gasteiger partial charge in [-0.15, -0.1) is 0 Å². The molecule has 1 heterocycles. The second-order valence-electron chi connectivity index (χ2n) is 22.4. The van der Waals surface area contributed by atoms with Crippen LogP contribution in [-0.2, 0) is 42.9 Å². The third-order valence-electron chi connectivity index (χ3n) is 14.9. The molecule has 3 N–H and O–H groups in total. The number of esters is 3. The van der Waals surface area contributed by atoms with Crippen molar-refractivity contribution >= 4 is 23.9 Å². The van der Waals surface area contributed by atoms with Gasteiger partial charge in [0.1, 0.15) is 18.8 Å². The second kappa shape index (κ2) is 55.2. The van der Waals surface area contributed by atoms with Crippen LogP contribution in [-0.4, -0.2) is 89.2 Å². The number of ether oxygens (including phenoxy) is 5. The minimum atomic E-state index is -1.91. The van der Waals surface area contributed by atoms with E-state index in [1.54, 1.807) is 0 Å². The molecule has 1 saturated heterocycles. The molecule has 1 fully saturated rings. The average Bonchev–Trinajstić information content (AvgIpc) is 3.44. The van der Waals surface area contributed by atoms with Crippen LogP contribution in [0.1, 0.15) is 303 Å². The van der Waals surface area contributed by atoms with Crippen molar-refractivity contribution in [3.8, 4) is 0 Å². The van der Waals surface area contributed by atoms with E-state index in [1.165, 1.54) is 135 Å². The number of aliphatic carboxylic acids is 1. The maximum Gasteiger partial charge on any atom is 0.335 e. The molecule has 0 spiro atoms. The first-order valence-corrected chi connectivity index (χ1v) is 32.6. The molecule has 79 heavy (non-hydrogen) atoms. The Morgan fingerprint density at radius 3 is 1.20 bits per heavy atom. The highest BCUT2D eigenvalue weighted by atomic mass is 16.7. The Bertz CT molecular complexity index is 1560. The standard InChI is InChI=1S/C67H118O12/c1-4-7-10-13-16-19-22-25-27-29-30-32-33-36-38-41-44-47-50-53-59(68)75-56-58(77-60(69)54-51-48-45-42-40-37-34-31-28-26-23-20-17-14-11-8-5-2)57-76-67-65(63(72)62(71)64(79-67)66(73)74)78-61(70)55-52-49-46-43-39-35-24-21-18-15-12-9-6-3/h16,19,21,24-25,27,30,32,58,62-65,67,71-72H,4-15,17-18,20,22-23,26,28-29,31,33-57H2,1-3H3,(H,73,74)/b19-16-,24-21-,27-25-,32-30-. The van der Waals surface area contributed by atoms with Crippen LogP contribution in [0.4, 0.5) is 0 Å². The molecule has 0 aliphatic carbocycles. The van der Waals surface area contributed by atoms with Crippen molar-refractivity contribution in [2.24, 2.45) is 0 Å². The van der Waals surface area contributed by atoms with E-state index in [2.05, 4.69) is 69.4 Å². The van der Waals surface area contributed by atoms with Crippen molar-refractivity contribution < 1.29 is 58.2 Å². The van der Waals surface area contributed by atoms with Crippen molar-refractivity contribution in [3.05, 3.63) is 48.6 Å². The van der Waals surface area contributed by atoms with E-state index < -0.39 is 67.3 Å². The molecule has 0 aromatic rings. The molecule has 0 aromatic carbocycles. The van der Waals surface area contributed by atoms with Gasteiger partial charge < -0.3 is 39.0 Å². The minimum absolute atomic E-state index is 0.0511. The smallest absolute Gasteiger partial charge is 0.335 e. The molecule has 6 unspecified atom stereocenters. The summed E-state index contributed by atoms with van der Waals surface area (Å²) in [6, 6.07) is 0. The lowest BCUT2D eigenvalue weighted by Crippen LogP contribution is -2.61. The summed E-state index contributed by atoms with van der Waals surface area (Å²) in [5.74, 6) is -3.12. The van der Waals surface area contributed by atoms with Crippen LogP contribution >= 0.6 is 0 Å². The van der Waals surface area contributed by atoms with E-state index in [-0.39, 0.29) is 25.9 Å². The highest BCUT2D eigenvalue weighted by Crippen LogP contribution is 2.27. The van der Waals surface area contributed by atoms with Gasteiger partial charge in [0.05, 0.1) is 6.61 Å². The summed E-state index contributed by atoms with van der Waals surface area (Å²) in [5, 5.41) is 31.5. The number of rotatable bonds is 56. The molecule has 0 radical (unpaired) electrons. The van der Waals surface area contributed by atoms with Crippen LogP contribution in [0.15, 0.2) is 48.6 Å². The maximum atomic E-state index is 13.2. The number of aliphatic hydroxyl groups is 2. The lowest BCUT2D eigenvalue weighted by Gasteiger charge is -2.40. The summed E-state index contributed by atoms with van der Waals surface area (Å²) in [7, 11) is 0. The number of unbranched alkanes of at least 4 members (excludes halogenated alkanes) is 34. The predicted molar refractivity (Wildman–Crippen MR) is 322 cm³/mol. The lowest BCUT2D eigenvalue weighted by molar-refractivity contribution is -0.301. The van der Waals surface area contributed by atoms with Crippen molar-refractivity contribution in [1.29, 1.82) is 0 Å². The first kappa shape index (κ1) is 73.7. The quantitative estimate of drug-likeness (QED) is 0.0228. The normalized spacial score (nSPS) is 18.1. The molecule has 1 aliphatic heterocycles. The predicted octanol–water partition coefficient (Wildman–Crippen LogP) is 17.3. The monoisotopic (exact) mass is 1110 g/mol. The van der Waals surface area contributed by atoms with Gasteiger partial charge in [0.25, 0.3) is 0 Å². The summed E-state index contributed by atoms with van der Waals surface area (Å²) in [6.45, 7) is 5.98. The number of aliphatic hydroxyl groups excluding tert-OH is 2. The second-order valence-corrected chi connectivity index (χ2v) is 22.4. The number of hydrogen-bond acceptors (Lipinski definition) is 11. The van der Waals surface area contributed by atoms with Crippen LogP contribution in [0.5, 0.6) is 0 Å². The fraction of sp³-hybridized carbons (Fsp3) is 0.821. The number of hydrogen-bond donors (Lipinski definition) is 3. The Morgan fingerprint density at radius 1 is 0.418 bits per heavy atom. The summed E-state index contributed by atoms with van der Waals surface area (Å²) in [6.07, 6.45) is 55.0. The summed E-state index contributed by atoms with van der Waals surface area (Å²) < 4.78 is 28.5. The molecular formula is C67H118O12. The van der Waals surface area contributed by atoms with Crippen LogP contribution in [0.3, 0.4) is 0 Å². The van der Waals surface area contributed by atoms with Crippen LogP contribution in [0, 0.1) is 0 Å². The molecule has 0 bridgehead atoms. The third-order valence-corrected chi connectivity index (χ3v) is 14.9. The van der Waals surface area contributed by atoms with E-state index in [1.807, 2.05) is 0 Å². The van der Waals surface area contributed by atoms with Crippen molar-refractivity contribution in [2.45, 2.75) is 340 Å². The van der Waals surface area contributed by atoms with E-state index in [0.29, 0.717) is 19.3 Å². The summed E-state index contributed by atoms with van der Waals surface area (Å²) in [4.78, 5) is 51.3. The first-order valence-electron chi connectivity index (χ1n) is 32.6. The van der Waals surface area contributed by atoms with Crippen molar-refractivity contribution in [3.63, 3.8) is 0 Å². The fourth-order valence-corrected chi connectivity index (χ4v) is 9.84. The van der Waals surface area contributed by atoms with E-state index in [9.17, 15) is 34.5 Å². The Balaban J connectivity index is 2.66. The number of carboxylic acid groups (broad SMARTS) is 1. The zero-order chi connectivity index (χ0) is 57.5. The van der Waals surface area contributed by atoms with Gasteiger partial charge in [0.2, 0.25) is 0 Å². The van der Waals surface area contributed by atoms with Crippen molar-refractivity contribution in [1.82, 2.24) is 0 Å². The van der Waals surface area contributed by atoms with Gasteiger partial charge in [-0.3, -0.25) is 14.4 Å². The summed E-state index contributed by atoms with van der Waals surface area (Å²) in [5.41, 5.74) is 0. The molecule has 12 heteroatoms. The first-order chi connectivity index (χ1) is 38.6. The molecule has 1 aliphatic rings. The molecule has 0 saturated carbocycles. The Labute approximate surface area is 482 Å². The molecule has 1 rings (SSSR count). The maximum absolute atomic E-state index is 13.2. The van der Waals surface area contributed by atoms with Gasteiger partial charge in [-0.2, -0.15) is 0 Å². The van der Waals surface area contributed by atoms with Crippen molar-refractivity contribution in [2.75, 3.05) is 13.2 Å². The van der Waals surface area contributed by atoms with Crippen LogP contribution < -0.4 is 0 Å². The van der Waals surface area contributed by atoms with Crippen LogP contribution in [0.25, 0.3) is 0 Å². The molecule has 458 valence electrons. The van der Waals surface area contributed by atoms with E-state index in [0.717, 1.165) is 109 Å². The number of allylic oxidation sites excluding steroid dienone is 8. The van der Waals surface area contributed by atoms with Crippen LogP contribution in [0.2, 0.25) is 0 Å². The van der Waals surface area contributed by atoms with Gasteiger partial charge >= 0.3 is 23.9 Å². The van der Waals surface area contributed by atoms with E-state index >= 15 is 0 Å². The Morgan fingerprint density at radius 2 is 0.759 bits per heavy atom. The lowest BCUT2D eigenvalue weighted by atomic mass is 9.98.